The van der Waals surface area contributed by atoms with Crippen LogP contribution in [-0.4, -0.2) is 5.91 Å². The van der Waals surface area contributed by atoms with Gasteiger partial charge in [-0.2, -0.15) is 0 Å². The van der Waals surface area contributed by atoms with Gasteiger partial charge in [-0.25, -0.2) is 4.57 Å². The molecular formula is C9H10N3OS+. The van der Waals surface area contributed by atoms with E-state index in [-0.39, 0.29) is 12.5 Å². The van der Waals surface area contributed by atoms with Gasteiger partial charge >= 0.3 is 5.13 Å². The lowest BCUT2D eigenvalue weighted by atomic mass is 10.3. The lowest BCUT2D eigenvalue weighted by Gasteiger charge is -1.94. The van der Waals surface area contributed by atoms with Crippen molar-refractivity contribution in [2.45, 2.75) is 6.54 Å². The Morgan fingerprint density at radius 1 is 1.43 bits per heavy atom. The maximum absolute atomic E-state index is 10.8. The zero-order valence-corrected chi connectivity index (χ0v) is 8.25. The van der Waals surface area contributed by atoms with E-state index in [9.17, 15) is 4.79 Å². The minimum atomic E-state index is -0.384. The van der Waals surface area contributed by atoms with Gasteiger partial charge in [0.25, 0.3) is 5.91 Å². The van der Waals surface area contributed by atoms with Gasteiger partial charge in [-0.05, 0) is 23.5 Å². The molecule has 2 aromatic rings. The zero-order valence-electron chi connectivity index (χ0n) is 7.43. The van der Waals surface area contributed by atoms with E-state index in [1.165, 1.54) is 11.3 Å². The standard InChI is InChI=1S/C9H9N3OS/c10-8(13)5-12-6-3-1-2-4-7(6)14-9(12)11/h1-4,11H,5H2,(H2,10,13)/p+1. The Hall–Kier alpha value is -1.62. The molecule has 4 nitrogen and oxygen atoms in total. The van der Waals surface area contributed by atoms with Crippen LogP contribution in [0, 0.1) is 0 Å². The van der Waals surface area contributed by atoms with Crippen LogP contribution in [0.25, 0.3) is 10.2 Å². The minimum absolute atomic E-state index is 0.135. The molecule has 0 atom stereocenters. The third-order valence-electron chi connectivity index (χ3n) is 1.95. The van der Waals surface area contributed by atoms with Crippen molar-refractivity contribution in [3.05, 3.63) is 24.3 Å². The highest BCUT2D eigenvalue weighted by Gasteiger charge is 2.15. The van der Waals surface area contributed by atoms with Crippen LogP contribution in [0.15, 0.2) is 24.3 Å². The van der Waals surface area contributed by atoms with E-state index in [2.05, 4.69) is 0 Å². The van der Waals surface area contributed by atoms with Gasteiger partial charge in [0, 0.05) is 0 Å². The number of hydrogen-bond donors (Lipinski definition) is 2. The summed E-state index contributed by atoms with van der Waals surface area (Å²) in [6.07, 6.45) is 0. The maximum atomic E-state index is 10.8. The van der Waals surface area contributed by atoms with Crippen LogP contribution in [0.3, 0.4) is 0 Å². The molecule has 1 heterocycles. The number of hydrogen-bond acceptors (Lipinski definition) is 3. The van der Waals surface area contributed by atoms with E-state index in [1.807, 2.05) is 24.3 Å². The van der Waals surface area contributed by atoms with Crippen molar-refractivity contribution in [1.29, 1.82) is 0 Å². The number of nitrogen functional groups attached to an aromatic ring is 1. The van der Waals surface area contributed by atoms with Crippen molar-refractivity contribution in [3.8, 4) is 0 Å². The maximum Gasteiger partial charge on any atom is 0.333 e. The smallest absolute Gasteiger partial charge is 0.333 e. The molecule has 5 heteroatoms. The number of anilines is 1. The number of para-hydroxylation sites is 1. The first-order valence-corrected chi connectivity index (χ1v) is 4.95. The fourth-order valence-electron chi connectivity index (χ4n) is 1.37. The Morgan fingerprint density at radius 2 is 2.14 bits per heavy atom. The molecule has 72 valence electrons. The molecule has 14 heavy (non-hydrogen) atoms. The molecule has 0 bridgehead atoms. The van der Waals surface area contributed by atoms with Crippen molar-refractivity contribution < 1.29 is 9.36 Å². The Kier molecular flexibility index (Phi) is 2.09. The number of thiazole rings is 1. The molecule has 0 aliphatic heterocycles. The van der Waals surface area contributed by atoms with E-state index in [0.717, 1.165) is 10.2 Å². The molecule has 0 aliphatic rings. The van der Waals surface area contributed by atoms with Crippen LogP contribution in [0.4, 0.5) is 5.13 Å². The molecule has 2 rings (SSSR count). The summed E-state index contributed by atoms with van der Waals surface area (Å²) in [5.74, 6) is -0.384. The average molecular weight is 208 g/mol. The monoisotopic (exact) mass is 208 g/mol. The van der Waals surface area contributed by atoms with E-state index in [0.29, 0.717) is 5.13 Å². The van der Waals surface area contributed by atoms with Crippen molar-refractivity contribution in [2.75, 3.05) is 5.73 Å². The number of nitrogens with two attached hydrogens (primary N) is 2. The number of benzene rings is 1. The van der Waals surface area contributed by atoms with E-state index < -0.39 is 0 Å². The van der Waals surface area contributed by atoms with E-state index >= 15 is 0 Å². The number of primary amides is 1. The SMILES string of the molecule is NC(=O)C[n+]1c(N)sc2ccccc21. The number of carbonyl (C=O) groups excluding carboxylic acids is 1. The normalized spacial score (nSPS) is 10.6. The van der Waals surface area contributed by atoms with Gasteiger partial charge in [-0.15, -0.1) is 0 Å². The fourth-order valence-corrected chi connectivity index (χ4v) is 2.30. The van der Waals surface area contributed by atoms with Gasteiger partial charge in [-0.3, -0.25) is 10.5 Å². The molecule has 1 aromatic heterocycles. The highest BCUT2D eigenvalue weighted by molar-refractivity contribution is 7.21. The van der Waals surface area contributed by atoms with Crippen LogP contribution in [0.5, 0.6) is 0 Å². The van der Waals surface area contributed by atoms with Crippen molar-refractivity contribution in [2.24, 2.45) is 5.73 Å². The number of fused-ring (bicyclic) bond motifs is 1. The molecule has 4 N–H and O–H groups in total. The Labute approximate surface area is 84.8 Å². The summed E-state index contributed by atoms with van der Waals surface area (Å²) >= 11 is 1.45. The van der Waals surface area contributed by atoms with Crippen LogP contribution in [0.2, 0.25) is 0 Å². The zero-order chi connectivity index (χ0) is 10.1. The first-order chi connectivity index (χ1) is 6.68. The highest BCUT2D eigenvalue weighted by atomic mass is 32.1. The number of rotatable bonds is 2. The van der Waals surface area contributed by atoms with Crippen molar-refractivity contribution in [1.82, 2.24) is 0 Å². The van der Waals surface area contributed by atoms with Crippen LogP contribution >= 0.6 is 11.3 Å². The summed E-state index contributed by atoms with van der Waals surface area (Å²) in [5.41, 5.74) is 11.9. The molecular weight excluding hydrogens is 198 g/mol. The Bertz CT molecular complexity index is 492. The Morgan fingerprint density at radius 3 is 2.86 bits per heavy atom. The van der Waals surface area contributed by atoms with Gasteiger partial charge in [0.15, 0.2) is 6.54 Å². The number of carbonyl (C=O) groups is 1. The minimum Gasteiger partial charge on any atom is -0.366 e. The average Bonchev–Trinajstić information content (AvgIpc) is 2.43. The first-order valence-electron chi connectivity index (χ1n) is 4.13. The second-order valence-corrected chi connectivity index (χ2v) is 4.02. The van der Waals surface area contributed by atoms with Gasteiger partial charge in [0.2, 0.25) is 0 Å². The quantitative estimate of drug-likeness (QED) is 0.695. The van der Waals surface area contributed by atoms with Crippen molar-refractivity contribution in [3.63, 3.8) is 0 Å². The fraction of sp³-hybridized carbons (Fsp3) is 0.111. The number of nitrogens with zero attached hydrogens (tertiary/aromatic N) is 1. The van der Waals surface area contributed by atoms with Gasteiger partial charge in [0.05, 0.1) is 4.70 Å². The second kappa shape index (κ2) is 3.26. The lowest BCUT2D eigenvalue weighted by Crippen LogP contribution is -2.41. The van der Waals surface area contributed by atoms with Crippen molar-refractivity contribution >= 4 is 32.6 Å². The number of aromatic nitrogens is 1. The van der Waals surface area contributed by atoms with E-state index in [1.54, 1.807) is 4.57 Å². The molecule has 0 spiro atoms. The summed E-state index contributed by atoms with van der Waals surface area (Å²) < 4.78 is 2.79. The van der Waals surface area contributed by atoms with E-state index in [4.69, 9.17) is 11.5 Å². The third kappa shape index (κ3) is 1.42. The molecule has 1 amide bonds. The summed E-state index contributed by atoms with van der Waals surface area (Å²) in [5, 5.41) is 0.602. The van der Waals surface area contributed by atoms with Crippen LogP contribution < -0.4 is 16.0 Å². The number of amides is 1. The Balaban J connectivity index is 2.62. The molecule has 0 saturated carbocycles. The summed E-state index contributed by atoms with van der Waals surface area (Å²) in [7, 11) is 0. The molecule has 0 fully saturated rings. The van der Waals surface area contributed by atoms with Gasteiger partial charge in [-0.1, -0.05) is 12.1 Å². The highest BCUT2D eigenvalue weighted by Crippen LogP contribution is 2.20. The predicted molar refractivity (Wildman–Crippen MR) is 55.6 cm³/mol. The lowest BCUT2D eigenvalue weighted by molar-refractivity contribution is -0.639. The molecule has 0 radical (unpaired) electrons. The van der Waals surface area contributed by atoms with Gasteiger partial charge in [0.1, 0.15) is 5.52 Å². The first kappa shape index (κ1) is 8.96. The molecule has 0 unspecified atom stereocenters. The second-order valence-electron chi connectivity index (χ2n) is 2.96. The topological polar surface area (TPSA) is 73.0 Å². The third-order valence-corrected chi connectivity index (χ3v) is 2.95. The largest absolute Gasteiger partial charge is 0.366 e. The van der Waals surface area contributed by atoms with Crippen LogP contribution in [0.1, 0.15) is 0 Å². The van der Waals surface area contributed by atoms with Gasteiger partial charge < -0.3 is 5.73 Å². The molecule has 1 aromatic carbocycles. The predicted octanol–water partition coefficient (Wildman–Crippen LogP) is 0.256. The summed E-state index contributed by atoms with van der Waals surface area (Å²) in [4.78, 5) is 10.8. The summed E-state index contributed by atoms with van der Waals surface area (Å²) in [6, 6.07) is 7.73. The molecule has 0 aliphatic carbocycles. The van der Waals surface area contributed by atoms with Crippen LogP contribution in [-0.2, 0) is 11.3 Å². The molecule has 0 saturated heterocycles. The summed E-state index contributed by atoms with van der Waals surface area (Å²) in [6.45, 7) is 0.135.